The zero-order chi connectivity index (χ0) is 21.3. The molecule has 0 fully saturated rings. The minimum Gasteiger partial charge on any atom is -0.508 e. The topological polar surface area (TPSA) is 171 Å². The van der Waals surface area contributed by atoms with E-state index in [2.05, 4.69) is 28.6 Å². The molecule has 0 spiro atoms. The quantitative estimate of drug-likeness (QED) is 0.226. The van der Waals surface area contributed by atoms with Gasteiger partial charge in [0.15, 0.2) is 0 Å². The van der Waals surface area contributed by atoms with Gasteiger partial charge in [-0.15, -0.1) is 0 Å². The molecule has 0 unspecified atom stereocenters. The minimum absolute atomic E-state index is 0.0510. The van der Waals surface area contributed by atoms with Gasteiger partial charge < -0.3 is 31.9 Å². The Morgan fingerprint density at radius 2 is 1.71 bits per heavy atom. The van der Waals surface area contributed by atoms with Gasteiger partial charge in [0.25, 0.3) is 0 Å². The molecular formula is C17H24N4O6S. The second-order valence-corrected chi connectivity index (χ2v) is 6.43. The van der Waals surface area contributed by atoms with Gasteiger partial charge in [-0.25, -0.2) is 0 Å². The number of hydrogen-bond acceptors (Lipinski definition) is 7. The summed E-state index contributed by atoms with van der Waals surface area (Å²) < 4.78 is 0. The summed E-state index contributed by atoms with van der Waals surface area (Å²) in [5, 5.41) is 25.2. The maximum atomic E-state index is 12.5. The largest absolute Gasteiger partial charge is 0.508 e. The van der Waals surface area contributed by atoms with E-state index in [4.69, 9.17) is 10.8 Å². The summed E-state index contributed by atoms with van der Waals surface area (Å²) >= 11 is 3.94. The van der Waals surface area contributed by atoms with E-state index in [1.807, 2.05) is 0 Å². The number of hydrogen-bond donors (Lipinski definition) is 7. The van der Waals surface area contributed by atoms with Crippen LogP contribution in [0, 0.1) is 0 Å². The number of benzene rings is 1. The van der Waals surface area contributed by atoms with E-state index in [0.717, 1.165) is 0 Å². The van der Waals surface area contributed by atoms with Crippen molar-refractivity contribution in [2.45, 2.75) is 31.5 Å². The van der Waals surface area contributed by atoms with Crippen molar-refractivity contribution in [1.29, 1.82) is 0 Å². The molecule has 1 aromatic carbocycles. The first-order valence-electron chi connectivity index (χ1n) is 8.38. The lowest BCUT2D eigenvalue weighted by Crippen LogP contribution is -2.54. The molecule has 3 atom stereocenters. The van der Waals surface area contributed by atoms with Gasteiger partial charge in [-0.05, 0) is 24.6 Å². The summed E-state index contributed by atoms with van der Waals surface area (Å²) in [6.07, 6.45) is 0.0876. The Hall–Kier alpha value is -2.79. The van der Waals surface area contributed by atoms with Gasteiger partial charge in [-0.3, -0.25) is 19.2 Å². The van der Waals surface area contributed by atoms with E-state index in [0.29, 0.717) is 5.56 Å². The molecule has 3 amide bonds. The van der Waals surface area contributed by atoms with Gasteiger partial charge >= 0.3 is 5.97 Å². The first-order valence-corrected chi connectivity index (χ1v) is 9.01. The number of thiol groups is 1. The van der Waals surface area contributed by atoms with Crippen LogP contribution < -0.4 is 21.7 Å². The van der Waals surface area contributed by atoms with Crippen molar-refractivity contribution in [1.82, 2.24) is 16.0 Å². The van der Waals surface area contributed by atoms with Gasteiger partial charge in [0.05, 0.1) is 12.6 Å². The molecule has 0 radical (unpaired) electrons. The third kappa shape index (κ3) is 7.84. The number of carbonyl (C=O) groups is 4. The van der Waals surface area contributed by atoms with E-state index < -0.39 is 48.4 Å². The summed E-state index contributed by atoms with van der Waals surface area (Å²) in [6.45, 7) is 0.825. The van der Waals surface area contributed by atoms with E-state index in [-0.39, 0.29) is 17.9 Å². The second kappa shape index (κ2) is 11.1. The van der Waals surface area contributed by atoms with Crippen LogP contribution in [0.4, 0.5) is 0 Å². The second-order valence-electron chi connectivity index (χ2n) is 6.07. The molecule has 10 nitrogen and oxygen atoms in total. The Morgan fingerprint density at radius 1 is 1.11 bits per heavy atom. The number of carboxylic acids is 1. The van der Waals surface area contributed by atoms with Crippen molar-refractivity contribution in [3.63, 3.8) is 0 Å². The number of aliphatic carboxylic acids is 1. The van der Waals surface area contributed by atoms with Gasteiger partial charge in [-0.1, -0.05) is 12.1 Å². The number of amides is 3. The number of nitrogens with one attached hydrogen (secondary N) is 3. The molecule has 28 heavy (non-hydrogen) atoms. The first-order chi connectivity index (χ1) is 13.1. The fourth-order valence-corrected chi connectivity index (χ4v) is 2.25. The monoisotopic (exact) mass is 412 g/mol. The van der Waals surface area contributed by atoms with Crippen molar-refractivity contribution in [3.05, 3.63) is 29.8 Å². The third-order valence-corrected chi connectivity index (χ3v) is 4.11. The lowest BCUT2D eigenvalue weighted by Gasteiger charge is -2.20. The Bertz CT molecular complexity index is 712. The molecule has 154 valence electrons. The van der Waals surface area contributed by atoms with Crippen LogP contribution in [0.25, 0.3) is 0 Å². The summed E-state index contributed by atoms with van der Waals surface area (Å²) in [7, 11) is 0. The average Bonchev–Trinajstić information content (AvgIpc) is 2.66. The van der Waals surface area contributed by atoms with Crippen molar-refractivity contribution < 1.29 is 29.4 Å². The van der Waals surface area contributed by atoms with Crippen LogP contribution in [0.2, 0.25) is 0 Å². The normalized spacial score (nSPS) is 13.7. The van der Waals surface area contributed by atoms with E-state index in [1.54, 1.807) is 12.1 Å². The predicted octanol–water partition coefficient (Wildman–Crippen LogP) is -1.62. The Morgan fingerprint density at radius 3 is 2.25 bits per heavy atom. The van der Waals surface area contributed by atoms with Crippen LogP contribution in [0.5, 0.6) is 5.75 Å². The molecule has 1 aromatic rings. The zero-order valence-corrected chi connectivity index (χ0v) is 16.1. The standard InChI is InChI=1S/C17H24N4O6S/c1-9(17(26)27)20-14(23)7-19-16(25)13(21-15(24)12(18)8-28)6-10-2-4-11(22)5-3-10/h2-5,9,12-13,22,28H,6-8,18H2,1H3,(H,19,25)(H,20,23)(H,21,24)(H,26,27)/t9-,12-,13-/m0/s1. The lowest BCUT2D eigenvalue weighted by atomic mass is 10.0. The Labute approximate surface area is 167 Å². The fourth-order valence-electron chi connectivity index (χ4n) is 2.08. The molecule has 11 heteroatoms. The highest BCUT2D eigenvalue weighted by Gasteiger charge is 2.24. The molecule has 0 aromatic heterocycles. The predicted molar refractivity (Wildman–Crippen MR) is 104 cm³/mol. The van der Waals surface area contributed by atoms with Crippen LogP contribution in [0.3, 0.4) is 0 Å². The van der Waals surface area contributed by atoms with Gasteiger partial charge in [0, 0.05) is 12.2 Å². The van der Waals surface area contributed by atoms with Crippen molar-refractivity contribution in [2.24, 2.45) is 5.73 Å². The van der Waals surface area contributed by atoms with E-state index >= 15 is 0 Å². The Balaban J connectivity index is 2.77. The van der Waals surface area contributed by atoms with Crippen LogP contribution >= 0.6 is 12.6 Å². The van der Waals surface area contributed by atoms with Crippen molar-refractivity contribution >= 4 is 36.3 Å². The first kappa shape index (κ1) is 23.2. The number of carbonyl (C=O) groups excluding carboxylic acids is 3. The summed E-state index contributed by atoms with van der Waals surface area (Å²) in [6, 6.07) is 2.98. The number of aromatic hydroxyl groups is 1. The molecule has 0 saturated heterocycles. The number of nitrogens with two attached hydrogens (primary N) is 1. The third-order valence-electron chi connectivity index (χ3n) is 3.71. The summed E-state index contributed by atoms with van der Waals surface area (Å²) in [5.41, 5.74) is 6.26. The highest BCUT2D eigenvalue weighted by molar-refractivity contribution is 7.80. The van der Waals surface area contributed by atoms with Crippen molar-refractivity contribution in [2.75, 3.05) is 12.3 Å². The van der Waals surface area contributed by atoms with E-state index in [1.165, 1.54) is 19.1 Å². The lowest BCUT2D eigenvalue weighted by molar-refractivity contribution is -0.141. The number of carboxylic acid groups (broad SMARTS) is 1. The smallest absolute Gasteiger partial charge is 0.325 e. The molecule has 0 heterocycles. The highest BCUT2D eigenvalue weighted by atomic mass is 32.1. The number of rotatable bonds is 10. The minimum atomic E-state index is -1.21. The maximum Gasteiger partial charge on any atom is 0.325 e. The molecule has 0 aliphatic heterocycles. The van der Waals surface area contributed by atoms with Gasteiger partial charge in [-0.2, -0.15) is 12.6 Å². The zero-order valence-electron chi connectivity index (χ0n) is 15.2. The van der Waals surface area contributed by atoms with E-state index in [9.17, 15) is 24.3 Å². The maximum absolute atomic E-state index is 12.5. The van der Waals surface area contributed by atoms with Crippen LogP contribution in [-0.2, 0) is 25.6 Å². The molecule has 0 bridgehead atoms. The molecular weight excluding hydrogens is 388 g/mol. The molecule has 1 rings (SSSR count). The summed E-state index contributed by atoms with van der Waals surface area (Å²) in [4.78, 5) is 47.0. The van der Waals surface area contributed by atoms with Gasteiger partial charge in [0.2, 0.25) is 17.7 Å². The molecule has 0 aliphatic rings. The number of phenols is 1. The average molecular weight is 412 g/mol. The van der Waals surface area contributed by atoms with Gasteiger partial charge in [0.1, 0.15) is 17.8 Å². The highest BCUT2D eigenvalue weighted by Crippen LogP contribution is 2.11. The van der Waals surface area contributed by atoms with Crippen LogP contribution in [-0.4, -0.2) is 64.3 Å². The fraction of sp³-hybridized carbons (Fsp3) is 0.412. The van der Waals surface area contributed by atoms with Crippen LogP contribution in [0.15, 0.2) is 24.3 Å². The SMILES string of the molecule is C[C@H](NC(=O)CNC(=O)[C@H](Cc1ccc(O)cc1)NC(=O)[C@@H](N)CS)C(=O)O. The summed E-state index contributed by atoms with van der Waals surface area (Å²) in [5.74, 6) is -3.00. The number of phenolic OH excluding ortho intramolecular Hbond substituents is 1. The molecule has 0 aliphatic carbocycles. The Kier molecular flexibility index (Phi) is 9.25. The molecule has 0 saturated carbocycles. The molecule has 7 N–H and O–H groups in total. The van der Waals surface area contributed by atoms with Crippen LogP contribution in [0.1, 0.15) is 12.5 Å². The van der Waals surface area contributed by atoms with Crippen molar-refractivity contribution in [3.8, 4) is 5.75 Å².